The summed E-state index contributed by atoms with van der Waals surface area (Å²) >= 11 is 0. The van der Waals surface area contributed by atoms with Crippen LogP contribution in [0.1, 0.15) is 13.8 Å². The summed E-state index contributed by atoms with van der Waals surface area (Å²) in [6.45, 7) is 3.01. The van der Waals surface area contributed by atoms with Crippen molar-refractivity contribution in [2.24, 2.45) is 23.1 Å². The van der Waals surface area contributed by atoms with Crippen LogP contribution in [-0.2, 0) is 9.59 Å². The molecule has 0 radical (unpaired) electrons. The minimum absolute atomic E-state index is 0.218. The van der Waals surface area contributed by atoms with E-state index in [-0.39, 0.29) is 6.54 Å². The molecular formula is C7H17N3O4. The third kappa shape index (κ3) is 8.91. The molecule has 0 saturated heterocycles. The number of rotatable bonds is 3. The SMILES string of the molecule is CC(CN)C(=O)O.CC(N)(N)C(=O)O. The summed E-state index contributed by atoms with van der Waals surface area (Å²) in [5.41, 5.74) is 13.1. The molecule has 7 heteroatoms. The number of carboxylic acid groups (broad SMARTS) is 2. The maximum atomic E-state index is 9.85. The molecule has 0 aromatic carbocycles. The highest BCUT2D eigenvalue weighted by Crippen LogP contribution is 1.87. The monoisotopic (exact) mass is 207 g/mol. The van der Waals surface area contributed by atoms with Crippen molar-refractivity contribution >= 4 is 11.9 Å². The van der Waals surface area contributed by atoms with Gasteiger partial charge in [0.15, 0.2) is 5.66 Å². The van der Waals surface area contributed by atoms with Crippen LogP contribution in [0.3, 0.4) is 0 Å². The molecule has 8 N–H and O–H groups in total. The molecule has 0 aromatic rings. The van der Waals surface area contributed by atoms with Crippen molar-refractivity contribution in [2.75, 3.05) is 6.54 Å². The standard InChI is InChI=1S/C4H9NO2.C3H8N2O2/c1-3(2-5)4(6)7;1-3(4,5)2(6)7/h3H,2,5H2,1H3,(H,6,7);4-5H2,1H3,(H,6,7). The molecule has 0 heterocycles. The lowest BCUT2D eigenvalue weighted by molar-refractivity contribution is -0.142. The molecule has 0 fully saturated rings. The fraction of sp³-hybridized carbons (Fsp3) is 0.714. The summed E-state index contributed by atoms with van der Waals surface area (Å²) in [4.78, 5) is 19.6. The Balaban J connectivity index is 0. The Bertz CT molecular complexity index is 200. The van der Waals surface area contributed by atoms with E-state index in [2.05, 4.69) is 0 Å². The van der Waals surface area contributed by atoms with E-state index in [1.807, 2.05) is 0 Å². The Morgan fingerprint density at radius 2 is 1.64 bits per heavy atom. The van der Waals surface area contributed by atoms with Crippen LogP contribution in [0.25, 0.3) is 0 Å². The van der Waals surface area contributed by atoms with Crippen LogP contribution < -0.4 is 17.2 Å². The highest BCUT2D eigenvalue weighted by atomic mass is 16.4. The fourth-order valence-electron chi connectivity index (χ4n) is 0.101. The molecule has 1 atom stereocenters. The van der Waals surface area contributed by atoms with E-state index < -0.39 is 23.5 Å². The van der Waals surface area contributed by atoms with Gasteiger partial charge in [-0.2, -0.15) is 0 Å². The first-order valence-corrected chi connectivity index (χ1v) is 3.87. The van der Waals surface area contributed by atoms with Gasteiger partial charge in [0.1, 0.15) is 0 Å². The summed E-state index contributed by atoms with van der Waals surface area (Å²) in [6.07, 6.45) is 0. The summed E-state index contributed by atoms with van der Waals surface area (Å²) in [5, 5.41) is 16.1. The molecule has 0 rings (SSSR count). The molecule has 0 spiro atoms. The van der Waals surface area contributed by atoms with E-state index in [0.29, 0.717) is 0 Å². The number of hydrogen-bond donors (Lipinski definition) is 5. The smallest absolute Gasteiger partial charge is 0.338 e. The zero-order valence-electron chi connectivity index (χ0n) is 8.23. The van der Waals surface area contributed by atoms with Gasteiger partial charge in [0.05, 0.1) is 5.92 Å². The van der Waals surface area contributed by atoms with Crippen molar-refractivity contribution in [3.63, 3.8) is 0 Å². The van der Waals surface area contributed by atoms with Gasteiger partial charge in [0.2, 0.25) is 0 Å². The van der Waals surface area contributed by atoms with Gasteiger partial charge in [-0.05, 0) is 6.92 Å². The van der Waals surface area contributed by atoms with Crippen LogP contribution in [0.5, 0.6) is 0 Å². The third-order valence-corrected chi connectivity index (χ3v) is 1.24. The van der Waals surface area contributed by atoms with Gasteiger partial charge in [-0.25, -0.2) is 4.79 Å². The predicted molar refractivity (Wildman–Crippen MR) is 50.3 cm³/mol. The predicted octanol–water partition coefficient (Wildman–Crippen LogP) is -1.63. The van der Waals surface area contributed by atoms with Crippen molar-refractivity contribution in [1.29, 1.82) is 0 Å². The average Bonchev–Trinajstić information content (AvgIpc) is 2.02. The number of hydrogen-bond acceptors (Lipinski definition) is 5. The van der Waals surface area contributed by atoms with Crippen molar-refractivity contribution in [2.45, 2.75) is 19.5 Å². The molecule has 0 aromatic heterocycles. The van der Waals surface area contributed by atoms with Crippen LogP contribution in [0.4, 0.5) is 0 Å². The Labute approximate surface area is 81.9 Å². The first kappa shape index (κ1) is 15.3. The minimum Gasteiger partial charge on any atom is -0.481 e. The molecule has 84 valence electrons. The van der Waals surface area contributed by atoms with Gasteiger partial charge in [-0.15, -0.1) is 0 Å². The number of carbonyl (C=O) groups is 2. The van der Waals surface area contributed by atoms with E-state index in [1.54, 1.807) is 6.92 Å². The second kappa shape index (κ2) is 6.30. The Kier molecular flexibility index (Phi) is 6.89. The van der Waals surface area contributed by atoms with Crippen molar-refractivity contribution in [3.8, 4) is 0 Å². The first-order chi connectivity index (χ1) is 6.12. The molecule has 0 amide bonds. The molecular weight excluding hydrogens is 190 g/mol. The highest BCUT2D eigenvalue weighted by Gasteiger charge is 2.20. The molecule has 0 aliphatic heterocycles. The van der Waals surface area contributed by atoms with E-state index in [4.69, 9.17) is 27.4 Å². The van der Waals surface area contributed by atoms with Gasteiger partial charge in [-0.3, -0.25) is 4.79 Å². The second-order valence-electron chi connectivity index (χ2n) is 3.06. The highest BCUT2D eigenvalue weighted by molar-refractivity contribution is 5.76. The van der Waals surface area contributed by atoms with Crippen molar-refractivity contribution in [3.05, 3.63) is 0 Å². The zero-order valence-corrected chi connectivity index (χ0v) is 8.23. The molecule has 0 bridgehead atoms. The fourth-order valence-corrected chi connectivity index (χ4v) is 0.101. The molecule has 1 unspecified atom stereocenters. The minimum atomic E-state index is -1.58. The molecule has 14 heavy (non-hydrogen) atoms. The largest absolute Gasteiger partial charge is 0.481 e. The molecule has 7 nitrogen and oxygen atoms in total. The Morgan fingerprint density at radius 1 is 1.36 bits per heavy atom. The number of nitrogens with two attached hydrogens (primary N) is 3. The Morgan fingerprint density at radius 3 is 1.64 bits per heavy atom. The maximum absolute atomic E-state index is 9.85. The third-order valence-electron chi connectivity index (χ3n) is 1.24. The van der Waals surface area contributed by atoms with Gasteiger partial charge in [-0.1, -0.05) is 6.92 Å². The molecule has 0 aliphatic carbocycles. The summed E-state index contributed by atoms with van der Waals surface area (Å²) in [7, 11) is 0. The first-order valence-electron chi connectivity index (χ1n) is 3.87. The van der Waals surface area contributed by atoms with E-state index in [9.17, 15) is 9.59 Å². The molecule has 0 aliphatic rings. The lowest BCUT2D eigenvalue weighted by Gasteiger charge is -2.09. The number of aliphatic carboxylic acids is 2. The van der Waals surface area contributed by atoms with Crippen LogP contribution in [0.15, 0.2) is 0 Å². The van der Waals surface area contributed by atoms with Gasteiger partial charge < -0.3 is 27.4 Å². The molecule has 0 saturated carbocycles. The van der Waals surface area contributed by atoms with Gasteiger partial charge >= 0.3 is 11.9 Å². The van der Waals surface area contributed by atoms with Crippen LogP contribution in [-0.4, -0.2) is 34.4 Å². The van der Waals surface area contributed by atoms with Gasteiger partial charge in [0.25, 0.3) is 0 Å². The van der Waals surface area contributed by atoms with Crippen molar-refractivity contribution in [1.82, 2.24) is 0 Å². The summed E-state index contributed by atoms with van der Waals surface area (Å²) < 4.78 is 0. The lowest BCUT2D eigenvalue weighted by Crippen LogP contribution is -2.53. The Hall–Kier alpha value is -1.18. The zero-order chi connectivity index (χ0) is 11.9. The van der Waals surface area contributed by atoms with Crippen molar-refractivity contribution < 1.29 is 19.8 Å². The van der Waals surface area contributed by atoms with Crippen LogP contribution >= 0.6 is 0 Å². The lowest BCUT2D eigenvalue weighted by atomic mass is 10.2. The summed E-state index contributed by atoms with van der Waals surface area (Å²) in [5.74, 6) is -2.44. The normalized spacial score (nSPS) is 12.4. The van der Waals surface area contributed by atoms with Crippen LogP contribution in [0, 0.1) is 5.92 Å². The topological polar surface area (TPSA) is 153 Å². The van der Waals surface area contributed by atoms with Gasteiger partial charge in [0, 0.05) is 6.54 Å². The van der Waals surface area contributed by atoms with E-state index in [0.717, 1.165) is 0 Å². The van der Waals surface area contributed by atoms with E-state index >= 15 is 0 Å². The average molecular weight is 207 g/mol. The quantitative estimate of drug-likeness (QED) is 0.348. The number of carboxylic acids is 2. The van der Waals surface area contributed by atoms with Crippen LogP contribution in [0.2, 0.25) is 0 Å². The maximum Gasteiger partial charge on any atom is 0.338 e. The second-order valence-corrected chi connectivity index (χ2v) is 3.06. The van der Waals surface area contributed by atoms with E-state index in [1.165, 1.54) is 6.92 Å². The summed E-state index contributed by atoms with van der Waals surface area (Å²) in [6, 6.07) is 0.